The van der Waals surface area contributed by atoms with Gasteiger partial charge in [-0.3, -0.25) is 19.2 Å². The van der Waals surface area contributed by atoms with Gasteiger partial charge in [0, 0.05) is 40.3 Å². The molecule has 33 heavy (non-hydrogen) atoms. The summed E-state index contributed by atoms with van der Waals surface area (Å²) in [7, 11) is 0. The highest BCUT2D eigenvalue weighted by atomic mass is 16.7. The number of rotatable bonds is 12. The second-order valence-electron chi connectivity index (χ2n) is 7.85. The van der Waals surface area contributed by atoms with Crippen LogP contribution >= 0.6 is 0 Å². The molecule has 0 saturated carbocycles. The van der Waals surface area contributed by atoms with Gasteiger partial charge in [-0.25, -0.2) is 0 Å². The summed E-state index contributed by atoms with van der Waals surface area (Å²) >= 11 is 0. The van der Waals surface area contributed by atoms with Crippen molar-refractivity contribution in [2.24, 2.45) is 5.73 Å². The van der Waals surface area contributed by atoms with Gasteiger partial charge in [0.1, 0.15) is 12.7 Å². The van der Waals surface area contributed by atoms with E-state index >= 15 is 0 Å². The molecule has 1 fully saturated rings. The molecular formula is C21H35NO11. The molecule has 1 heterocycles. The van der Waals surface area contributed by atoms with Crippen molar-refractivity contribution < 1.29 is 52.3 Å². The summed E-state index contributed by atoms with van der Waals surface area (Å²) < 4.78 is 38.3. The highest BCUT2D eigenvalue weighted by Crippen LogP contribution is 2.30. The van der Waals surface area contributed by atoms with Crippen LogP contribution in [0.15, 0.2) is 0 Å². The minimum Gasteiger partial charge on any atom is -0.463 e. The van der Waals surface area contributed by atoms with Crippen molar-refractivity contribution in [2.75, 3.05) is 19.8 Å². The van der Waals surface area contributed by atoms with Crippen LogP contribution in [-0.4, -0.2) is 86.5 Å². The van der Waals surface area contributed by atoms with Gasteiger partial charge in [-0.05, 0) is 20.3 Å². The molecule has 12 nitrogen and oxygen atoms in total. The molecule has 0 bridgehead atoms. The van der Waals surface area contributed by atoms with E-state index < -0.39 is 54.6 Å². The molecule has 0 aromatic rings. The van der Waals surface area contributed by atoms with Gasteiger partial charge < -0.3 is 38.9 Å². The first-order valence-electron chi connectivity index (χ1n) is 10.7. The van der Waals surface area contributed by atoms with Crippen LogP contribution in [0.25, 0.3) is 0 Å². The van der Waals surface area contributed by atoms with Crippen LogP contribution in [0.3, 0.4) is 0 Å². The molecule has 0 aliphatic carbocycles. The van der Waals surface area contributed by atoms with Crippen molar-refractivity contribution in [1.29, 1.82) is 0 Å². The predicted molar refractivity (Wildman–Crippen MR) is 112 cm³/mol. The number of hydrogen-bond acceptors (Lipinski definition) is 12. The molecule has 0 spiro atoms. The summed E-state index contributed by atoms with van der Waals surface area (Å²) in [6.45, 7) is 8.42. The highest BCUT2D eigenvalue weighted by molar-refractivity contribution is 5.68. The van der Waals surface area contributed by atoms with Crippen LogP contribution in [0.1, 0.15) is 48.0 Å². The Morgan fingerprint density at radius 2 is 1.39 bits per heavy atom. The lowest BCUT2D eigenvalue weighted by molar-refractivity contribution is -0.311. The Labute approximate surface area is 193 Å². The minimum atomic E-state index is -1.27. The molecule has 7 atom stereocenters. The fourth-order valence-corrected chi connectivity index (χ4v) is 3.06. The van der Waals surface area contributed by atoms with Gasteiger partial charge in [0.2, 0.25) is 0 Å². The SMILES string of the molecule is CC(=O)OC[C@H]1O[C@H](OCC(C)OCCC(C)N)[C@@H](OC(C)=O)[C@@H](OC(C)=O)[C@@H]1OC(C)=O. The molecule has 1 rings (SSSR count). The molecule has 1 aliphatic rings. The summed E-state index contributed by atoms with van der Waals surface area (Å²) in [4.78, 5) is 46.6. The smallest absolute Gasteiger partial charge is 0.303 e. The fourth-order valence-electron chi connectivity index (χ4n) is 3.06. The molecule has 0 radical (unpaired) electrons. The first-order valence-corrected chi connectivity index (χ1v) is 10.7. The number of nitrogens with two attached hydrogens (primary N) is 1. The summed E-state index contributed by atoms with van der Waals surface area (Å²) in [6.07, 6.45) is -5.77. The second-order valence-corrected chi connectivity index (χ2v) is 7.85. The normalized spacial score (nSPS) is 26.6. The van der Waals surface area contributed by atoms with E-state index in [0.29, 0.717) is 13.0 Å². The third-order valence-corrected chi connectivity index (χ3v) is 4.42. The molecule has 12 heteroatoms. The molecule has 0 amide bonds. The van der Waals surface area contributed by atoms with Gasteiger partial charge in [-0.15, -0.1) is 0 Å². The Kier molecular flexibility index (Phi) is 12.3. The maximum atomic E-state index is 11.8. The zero-order valence-electron chi connectivity index (χ0n) is 19.9. The van der Waals surface area contributed by atoms with Crippen LogP contribution in [-0.2, 0) is 52.3 Å². The third kappa shape index (κ3) is 10.9. The Bertz CT molecular complexity index is 669. The van der Waals surface area contributed by atoms with E-state index in [4.69, 9.17) is 38.9 Å². The molecule has 2 N–H and O–H groups in total. The Hall–Kier alpha value is -2.28. The van der Waals surface area contributed by atoms with Crippen LogP contribution in [0.4, 0.5) is 0 Å². The number of ether oxygens (including phenoxy) is 7. The van der Waals surface area contributed by atoms with Crippen molar-refractivity contribution in [3.63, 3.8) is 0 Å². The minimum absolute atomic E-state index is 0.0159. The number of carbonyl (C=O) groups is 4. The van der Waals surface area contributed by atoms with E-state index in [0.717, 1.165) is 20.8 Å². The number of carbonyl (C=O) groups excluding carboxylic acids is 4. The molecule has 1 saturated heterocycles. The van der Waals surface area contributed by atoms with Gasteiger partial charge in [0.05, 0.1) is 12.7 Å². The predicted octanol–water partition coefficient (Wildman–Crippen LogP) is 0.229. The van der Waals surface area contributed by atoms with Gasteiger partial charge in [0.25, 0.3) is 0 Å². The average Bonchev–Trinajstić information content (AvgIpc) is 2.67. The quantitative estimate of drug-likeness (QED) is 0.301. The van der Waals surface area contributed by atoms with Crippen LogP contribution in [0, 0.1) is 0 Å². The van der Waals surface area contributed by atoms with E-state index in [-0.39, 0.29) is 25.4 Å². The lowest BCUT2D eigenvalue weighted by atomic mass is 9.98. The highest BCUT2D eigenvalue weighted by Gasteiger charge is 2.52. The van der Waals surface area contributed by atoms with Crippen LogP contribution in [0.2, 0.25) is 0 Å². The monoisotopic (exact) mass is 477 g/mol. The Morgan fingerprint density at radius 3 is 1.91 bits per heavy atom. The lowest BCUT2D eigenvalue weighted by Crippen LogP contribution is -2.63. The van der Waals surface area contributed by atoms with Crippen molar-refractivity contribution in [3.05, 3.63) is 0 Å². The van der Waals surface area contributed by atoms with E-state index in [1.54, 1.807) is 6.92 Å². The zero-order valence-corrected chi connectivity index (χ0v) is 19.9. The number of hydrogen-bond donors (Lipinski definition) is 1. The first kappa shape index (κ1) is 28.8. The van der Waals surface area contributed by atoms with Gasteiger partial charge in [0.15, 0.2) is 24.6 Å². The van der Waals surface area contributed by atoms with Crippen LogP contribution < -0.4 is 5.73 Å². The molecule has 190 valence electrons. The largest absolute Gasteiger partial charge is 0.463 e. The standard InChI is InChI=1S/C21H35NO11/c1-11(22)7-8-27-12(2)9-29-21-20(32-16(6)26)19(31-15(5)25)18(30-14(4)24)17(33-21)10-28-13(3)23/h11-12,17-21H,7-10,22H2,1-6H3/t11?,12?,17-,18-,19+,20+,21+/m1/s1. The van der Waals surface area contributed by atoms with E-state index in [1.807, 2.05) is 6.92 Å². The molecule has 0 aromatic heterocycles. The second kappa shape index (κ2) is 14.1. The van der Waals surface area contributed by atoms with Crippen LogP contribution in [0.5, 0.6) is 0 Å². The van der Waals surface area contributed by atoms with Crippen molar-refractivity contribution in [3.8, 4) is 0 Å². The maximum absolute atomic E-state index is 11.8. The Balaban J connectivity index is 3.11. The van der Waals surface area contributed by atoms with Gasteiger partial charge in [-0.2, -0.15) is 0 Å². The third-order valence-electron chi connectivity index (χ3n) is 4.42. The van der Waals surface area contributed by atoms with E-state index in [1.165, 1.54) is 6.92 Å². The van der Waals surface area contributed by atoms with Gasteiger partial charge in [-0.1, -0.05) is 0 Å². The van der Waals surface area contributed by atoms with Crippen molar-refractivity contribution >= 4 is 23.9 Å². The topological polar surface area (TPSA) is 159 Å². The fraction of sp³-hybridized carbons (Fsp3) is 0.810. The zero-order chi connectivity index (χ0) is 25.1. The summed E-state index contributed by atoms with van der Waals surface area (Å²) in [6, 6.07) is -0.0159. The van der Waals surface area contributed by atoms with E-state index in [2.05, 4.69) is 0 Å². The van der Waals surface area contributed by atoms with E-state index in [9.17, 15) is 19.2 Å². The molecule has 2 unspecified atom stereocenters. The molecular weight excluding hydrogens is 442 g/mol. The molecule has 0 aromatic carbocycles. The number of esters is 4. The van der Waals surface area contributed by atoms with Gasteiger partial charge >= 0.3 is 23.9 Å². The summed E-state index contributed by atoms with van der Waals surface area (Å²) in [5.41, 5.74) is 5.71. The maximum Gasteiger partial charge on any atom is 0.303 e. The Morgan fingerprint density at radius 1 is 0.848 bits per heavy atom. The first-order chi connectivity index (χ1) is 15.4. The summed E-state index contributed by atoms with van der Waals surface area (Å²) in [5, 5.41) is 0. The molecule has 1 aliphatic heterocycles. The van der Waals surface area contributed by atoms with Crippen molar-refractivity contribution in [2.45, 2.75) is 90.8 Å². The summed E-state index contributed by atoms with van der Waals surface area (Å²) in [5.74, 6) is -2.71. The average molecular weight is 478 g/mol. The van der Waals surface area contributed by atoms with Crippen molar-refractivity contribution in [1.82, 2.24) is 0 Å². The lowest BCUT2D eigenvalue weighted by Gasteiger charge is -2.44.